The SMILES string of the molecule is O=C(CNCCC1=CCCCC1)c1cccs1. The summed E-state index contributed by atoms with van der Waals surface area (Å²) in [7, 11) is 0. The molecule has 1 aliphatic carbocycles. The number of rotatable bonds is 6. The Balaban J connectivity index is 1.63. The van der Waals surface area contributed by atoms with Gasteiger partial charge in [-0.25, -0.2) is 0 Å². The molecule has 92 valence electrons. The monoisotopic (exact) mass is 249 g/mol. The number of ketones is 1. The Kier molecular flexibility index (Phi) is 4.95. The quantitative estimate of drug-likeness (QED) is 0.475. The third-order valence-electron chi connectivity index (χ3n) is 3.09. The molecule has 0 bridgehead atoms. The van der Waals surface area contributed by atoms with Crippen LogP contribution in [0.5, 0.6) is 0 Å². The molecule has 0 fully saturated rings. The molecule has 0 aromatic carbocycles. The van der Waals surface area contributed by atoms with E-state index in [0.29, 0.717) is 6.54 Å². The molecule has 2 rings (SSSR count). The first kappa shape index (κ1) is 12.5. The largest absolute Gasteiger partial charge is 0.309 e. The summed E-state index contributed by atoms with van der Waals surface area (Å²) < 4.78 is 0. The zero-order chi connectivity index (χ0) is 11.9. The van der Waals surface area contributed by atoms with Crippen LogP contribution in [0, 0.1) is 0 Å². The molecule has 0 aliphatic heterocycles. The van der Waals surface area contributed by atoms with Crippen molar-refractivity contribution < 1.29 is 4.79 Å². The zero-order valence-electron chi connectivity index (χ0n) is 10.1. The van der Waals surface area contributed by atoms with Crippen molar-refractivity contribution >= 4 is 17.1 Å². The number of nitrogens with one attached hydrogen (secondary N) is 1. The van der Waals surface area contributed by atoms with E-state index in [-0.39, 0.29) is 5.78 Å². The number of Topliss-reactive ketones (excluding diaryl/α,β-unsaturated/α-hetero) is 1. The van der Waals surface area contributed by atoms with Crippen LogP contribution < -0.4 is 5.32 Å². The first-order chi connectivity index (χ1) is 8.36. The van der Waals surface area contributed by atoms with Gasteiger partial charge in [0.2, 0.25) is 0 Å². The Bertz CT molecular complexity index is 381. The number of thiophene rings is 1. The predicted octanol–water partition coefficient (Wildman–Crippen LogP) is 3.41. The summed E-state index contributed by atoms with van der Waals surface area (Å²) in [6.45, 7) is 1.39. The maximum Gasteiger partial charge on any atom is 0.186 e. The minimum Gasteiger partial charge on any atom is -0.309 e. The molecule has 2 nitrogen and oxygen atoms in total. The van der Waals surface area contributed by atoms with Gasteiger partial charge in [-0.15, -0.1) is 11.3 Å². The fourth-order valence-electron chi connectivity index (χ4n) is 2.11. The fraction of sp³-hybridized carbons (Fsp3) is 0.500. The molecule has 0 spiro atoms. The van der Waals surface area contributed by atoms with Gasteiger partial charge in [0.15, 0.2) is 5.78 Å². The first-order valence-electron chi connectivity index (χ1n) is 6.31. The van der Waals surface area contributed by atoms with Crippen molar-refractivity contribution in [2.45, 2.75) is 32.1 Å². The van der Waals surface area contributed by atoms with E-state index >= 15 is 0 Å². The summed E-state index contributed by atoms with van der Waals surface area (Å²) in [6, 6.07) is 3.81. The highest BCUT2D eigenvalue weighted by atomic mass is 32.1. The summed E-state index contributed by atoms with van der Waals surface area (Å²) >= 11 is 1.52. The number of hydrogen-bond acceptors (Lipinski definition) is 3. The van der Waals surface area contributed by atoms with E-state index in [4.69, 9.17) is 0 Å². The second-order valence-electron chi connectivity index (χ2n) is 4.44. The van der Waals surface area contributed by atoms with Gasteiger partial charge in [-0.05, 0) is 50.1 Å². The number of allylic oxidation sites excluding steroid dienone is 1. The molecule has 17 heavy (non-hydrogen) atoms. The third-order valence-corrected chi connectivity index (χ3v) is 4.00. The fourth-order valence-corrected chi connectivity index (χ4v) is 2.77. The van der Waals surface area contributed by atoms with Crippen LogP contribution in [-0.2, 0) is 0 Å². The van der Waals surface area contributed by atoms with Crippen LogP contribution in [0.1, 0.15) is 41.8 Å². The van der Waals surface area contributed by atoms with Crippen molar-refractivity contribution in [3.05, 3.63) is 34.0 Å². The molecule has 1 aromatic heterocycles. The van der Waals surface area contributed by atoms with Crippen molar-refractivity contribution in [3.63, 3.8) is 0 Å². The Morgan fingerprint density at radius 2 is 2.35 bits per heavy atom. The van der Waals surface area contributed by atoms with Gasteiger partial charge in [0, 0.05) is 0 Å². The highest BCUT2D eigenvalue weighted by molar-refractivity contribution is 7.12. The molecular formula is C14H19NOS. The number of carbonyl (C=O) groups excluding carboxylic acids is 1. The first-order valence-corrected chi connectivity index (χ1v) is 7.19. The van der Waals surface area contributed by atoms with E-state index in [9.17, 15) is 4.79 Å². The molecule has 0 saturated carbocycles. The third kappa shape index (κ3) is 4.10. The lowest BCUT2D eigenvalue weighted by Gasteiger charge is -2.12. The normalized spacial score (nSPS) is 15.6. The van der Waals surface area contributed by atoms with Gasteiger partial charge < -0.3 is 5.32 Å². The van der Waals surface area contributed by atoms with E-state index in [1.54, 1.807) is 5.57 Å². The smallest absolute Gasteiger partial charge is 0.186 e. The second kappa shape index (κ2) is 6.72. The maximum absolute atomic E-state index is 11.7. The average Bonchev–Trinajstić information content (AvgIpc) is 2.89. The van der Waals surface area contributed by atoms with Crippen molar-refractivity contribution in [1.82, 2.24) is 5.32 Å². The molecule has 0 amide bonds. The van der Waals surface area contributed by atoms with Crippen LogP contribution in [0.3, 0.4) is 0 Å². The molecule has 1 N–H and O–H groups in total. The Labute approximate surface area is 107 Å². The van der Waals surface area contributed by atoms with Crippen molar-refractivity contribution in [3.8, 4) is 0 Å². The summed E-state index contributed by atoms with van der Waals surface area (Å²) in [6.07, 6.45) is 8.63. The molecule has 0 radical (unpaired) electrons. The number of hydrogen-bond donors (Lipinski definition) is 1. The van der Waals surface area contributed by atoms with Gasteiger partial charge in [0.1, 0.15) is 0 Å². The molecule has 1 heterocycles. The van der Waals surface area contributed by atoms with Crippen LogP contribution in [0.2, 0.25) is 0 Å². The summed E-state index contributed by atoms with van der Waals surface area (Å²) in [5, 5.41) is 5.18. The minimum atomic E-state index is 0.206. The minimum absolute atomic E-state index is 0.206. The van der Waals surface area contributed by atoms with Gasteiger partial charge in [0.25, 0.3) is 0 Å². The highest BCUT2D eigenvalue weighted by Crippen LogP contribution is 2.19. The molecule has 0 atom stereocenters. The van der Waals surface area contributed by atoms with Gasteiger partial charge in [-0.3, -0.25) is 4.79 Å². The van der Waals surface area contributed by atoms with Crippen LogP contribution in [0.25, 0.3) is 0 Å². The standard InChI is InChI=1S/C14H19NOS/c16-13(14-7-4-10-17-14)11-15-9-8-12-5-2-1-3-6-12/h4-5,7,10,15H,1-3,6,8-9,11H2. The molecule has 3 heteroatoms. The van der Waals surface area contributed by atoms with Crippen molar-refractivity contribution in [1.29, 1.82) is 0 Å². The molecule has 1 aliphatic rings. The molecular weight excluding hydrogens is 230 g/mol. The predicted molar refractivity (Wildman–Crippen MR) is 72.7 cm³/mol. The van der Waals surface area contributed by atoms with Crippen molar-refractivity contribution in [2.24, 2.45) is 0 Å². The summed E-state index contributed by atoms with van der Waals surface area (Å²) in [4.78, 5) is 12.5. The van der Waals surface area contributed by atoms with Gasteiger partial charge in [-0.2, -0.15) is 0 Å². The highest BCUT2D eigenvalue weighted by Gasteiger charge is 2.06. The lowest BCUT2D eigenvalue weighted by molar-refractivity contribution is 0.0995. The van der Waals surface area contributed by atoms with Gasteiger partial charge >= 0.3 is 0 Å². The van der Waals surface area contributed by atoms with E-state index in [0.717, 1.165) is 17.8 Å². The van der Waals surface area contributed by atoms with E-state index in [2.05, 4.69) is 11.4 Å². The van der Waals surface area contributed by atoms with E-state index in [1.165, 1.54) is 37.0 Å². The van der Waals surface area contributed by atoms with Gasteiger partial charge in [-0.1, -0.05) is 17.7 Å². The molecule has 1 aromatic rings. The van der Waals surface area contributed by atoms with E-state index < -0.39 is 0 Å². The van der Waals surface area contributed by atoms with Crippen molar-refractivity contribution in [2.75, 3.05) is 13.1 Å². The Morgan fingerprint density at radius 3 is 3.06 bits per heavy atom. The Hall–Kier alpha value is -0.930. The zero-order valence-corrected chi connectivity index (χ0v) is 10.9. The summed E-state index contributed by atoms with van der Waals surface area (Å²) in [5.74, 6) is 0.206. The maximum atomic E-state index is 11.7. The van der Waals surface area contributed by atoms with E-state index in [1.807, 2.05) is 17.5 Å². The van der Waals surface area contributed by atoms with Crippen LogP contribution in [0.15, 0.2) is 29.2 Å². The topological polar surface area (TPSA) is 29.1 Å². The van der Waals surface area contributed by atoms with Crippen LogP contribution in [-0.4, -0.2) is 18.9 Å². The second-order valence-corrected chi connectivity index (χ2v) is 5.38. The summed E-state index contributed by atoms with van der Waals surface area (Å²) in [5.41, 5.74) is 1.56. The molecule has 0 saturated heterocycles. The van der Waals surface area contributed by atoms with Crippen LogP contribution >= 0.6 is 11.3 Å². The molecule has 0 unspecified atom stereocenters. The number of carbonyl (C=O) groups is 1. The van der Waals surface area contributed by atoms with Crippen LogP contribution in [0.4, 0.5) is 0 Å². The van der Waals surface area contributed by atoms with Gasteiger partial charge in [0.05, 0.1) is 11.4 Å². The Morgan fingerprint density at radius 1 is 1.41 bits per heavy atom. The lowest BCUT2D eigenvalue weighted by atomic mass is 9.97. The lowest BCUT2D eigenvalue weighted by Crippen LogP contribution is -2.23. The average molecular weight is 249 g/mol.